The number of nitrogens with one attached hydrogen (secondary N) is 1. The number of aryl methyl sites for hydroxylation is 1. The van der Waals surface area contributed by atoms with Crippen molar-refractivity contribution in [2.45, 2.75) is 81.8 Å². The summed E-state index contributed by atoms with van der Waals surface area (Å²) in [6.45, 7) is 0. The van der Waals surface area contributed by atoms with Crippen LogP contribution in [0.5, 0.6) is 23.0 Å². The number of aromatic hydroxyl groups is 2. The lowest BCUT2D eigenvalue weighted by Crippen LogP contribution is -2.40. The molecule has 0 saturated carbocycles. The largest absolute Gasteiger partial charge is 0.508 e. The minimum absolute atomic E-state index is 0.0733. The van der Waals surface area contributed by atoms with Crippen LogP contribution in [0.1, 0.15) is 112 Å². The second-order valence-corrected chi connectivity index (χ2v) is 14.8. The number of hydrogen-bond acceptors (Lipinski definition) is 8. The molecular formula is C43H43Cl2NO9. The molecule has 4 aromatic rings. The van der Waals surface area contributed by atoms with Gasteiger partial charge in [-0.3, -0.25) is 9.59 Å². The summed E-state index contributed by atoms with van der Waals surface area (Å²) in [7, 11) is 0. The average Bonchev–Trinajstić information content (AvgIpc) is 3.45. The highest BCUT2D eigenvalue weighted by Crippen LogP contribution is 2.57. The second kappa shape index (κ2) is 17.6. The summed E-state index contributed by atoms with van der Waals surface area (Å²) in [5, 5.41) is 32.7. The van der Waals surface area contributed by atoms with Crippen LogP contribution in [0, 0.1) is 0 Å². The zero-order valence-corrected chi connectivity index (χ0v) is 31.7. The van der Waals surface area contributed by atoms with E-state index < -0.39 is 29.5 Å². The number of benzene rings is 4. The number of carbonyl (C=O) groups is 4. The van der Waals surface area contributed by atoms with Gasteiger partial charge in [0.2, 0.25) is 0 Å². The van der Waals surface area contributed by atoms with Gasteiger partial charge in [0.1, 0.15) is 34.8 Å². The van der Waals surface area contributed by atoms with E-state index >= 15 is 0 Å². The molecule has 288 valence electrons. The van der Waals surface area contributed by atoms with Crippen LogP contribution < -0.4 is 10.1 Å². The zero-order valence-electron chi connectivity index (χ0n) is 30.2. The van der Waals surface area contributed by atoms with Gasteiger partial charge in [-0.2, -0.15) is 0 Å². The zero-order chi connectivity index (χ0) is 39.1. The van der Waals surface area contributed by atoms with Crippen molar-refractivity contribution in [3.8, 4) is 23.0 Å². The standard InChI is InChI=1S/C43H43Cl2NO9/c44-21-19-28(20-22-45)27-11-9-26(10-12-27)5-4-7-30(47)6-2-1-3-8-37(41(51)52)46-40(50)29-13-16-34-33(23-29)42(53)55-43(34)35-17-14-31(48)24-38(35)54-39-25-32(49)15-18-36(39)43/h9-18,23-25,28,37,48-49H,1-8,19-22H2,(H,46,50)(H,51,52). The van der Waals surface area contributed by atoms with Crippen molar-refractivity contribution in [3.63, 3.8) is 0 Å². The molecule has 0 saturated heterocycles. The molecule has 2 aliphatic rings. The summed E-state index contributed by atoms with van der Waals surface area (Å²) in [5.41, 5.74) is 2.41. The van der Waals surface area contributed by atoms with Crippen LogP contribution in [0.25, 0.3) is 0 Å². The molecule has 0 bridgehead atoms. The maximum absolute atomic E-state index is 13.4. The molecule has 0 aliphatic carbocycles. The average molecular weight is 789 g/mol. The first kappa shape index (κ1) is 39.6. The first-order valence-corrected chi connectivity index (χ1v) is 19.6. The summed E-state index contributed by atoms with van der Waals surface area (Å²) in [6, 6.07) is 20.6. The molecule has 10 nitrogen and oxygen atoms in total. The van der Waals surface area contributed by atoms with Crippen LogP contribution in [0.3, 0.4) is 0 Å². The minimum Gasteiger partial charge on any atom is -0.508 e. The number of ether oxygens (including phenoxy) is 2. The van der Waals surface area contributed by atoms with Crippen LogP contribution in [0.4, 0.5) is 0 Å². The van der Waals surface area contributed by atoms with Gasteiger partial charge >= 0.3 is 11.9 Å². The van der Waals surface area contributed by atoms with E-state index in [4.69, 9.17) is 32.7 Å². The van der Waals surface area contributed by atoms with Crippen LogP contribution in [0.15, 0.2) is 78.9 Å². The molecule has 12 heteroatoms. The van der Waals surface area contributed by atoms with Gasteiger partial charge in [0.25, 0.3) is 5.91 Å². The molecule has 55 heavy (non-hydrogen) atoms. The maximum atomic E-state index is 13.4. The summed E-state index contributed by atoms with van der Waals surface area (Å²) >= 11 is 11.9. The normalized spacial score (nSPS) is 14.1. The van der Waals surface area contributed by atoms with E-state index in [-0.39, 0.29) is 46.3 Å². The Hall–Kier alpha value is -5.06. The first-order valence-electron chi connectivity index (χ1n) is 18.5. The van der Waals surface area contributed by atoms with E-state index in [2.05, 4.69) is 29.6 Å². The lowest BCUT2D eigenvalue weighted by Gasteiger charge is -2.36. The number of fused-ring (bicyclic) bond motifs is 6. The summed E-state index contributed by atoms with van der Waals surface area (Å²) in [4.78, 5) is 51.4. The molecule has 1 spiro atoms. The third-order valence-corrected chi connectivity index (χ3v) is 10.8. The molecule has 0 radical (unpaired) electrons. The van der Waals surface area contributed by atoms with E-state index in [0.29, 0.717) is 66.5 Å². The van der Waals surface area contributed by atoms with Crippen molar-refractivity contribution in [1.82, 2.24) is 5.32 Å². The van der Waals surface area contributed by atoms with Crippen LogP contribution >= 0.6 is 23.2 Å². The Kier molecular flexibility index (Phi) is 12.7. The maximum Gasteiger partial charge on any atom is 0.340 e. The fourth-order valence-corrected chi connectivity index (χ4v) is 8.03. The molecule has 2 aliphatic heterocycles. The highest BCUT2D eigenvalue weighted by Gasteiger charge is 2.53. The monoisotopic (exact) mass is 787 g/mol. The van der Waals surface area contributed by atoms with Crippen molar-refractivity contribution < 1.29 is 44.0 Å². The SMILES string of the molecule is O=C(CCCCCC(NC(=O)c1ccc2c(c1)C(=O)OC21c2ccc(O)cc2Oc2cc(O)ccc21)C(=O)O)CCCc1ccc(C(CCCl)CCCl)cc1. The number of carboxylic acids is 1. The van der Waals surface area contributed by atoms with Gasteiger partial charge in [-0.15, -0.1) is 23.2 Å². The Bertz CT molecular complexity index is 2010. The third-order valence-electron chi connectivity index (χ3n) is 10.4. The Morgan fingerprint density at radius 2 is 1.35 bits per heavy atom. The van der Waals surface area contributed by atoms with E-state index in [1.165, 1.54) is 47.5 Å². The van der Waals surface area contributed by atoms with Gasteiger partial charge < -0.3 is 30.1 Å². The number of rotatable bonds is 18. The van der Waals surface area contributed by atoms with Crippen molar-refractivity contribution in [3.05, 3.63) is 118 Å². The topological polar surface area (TPSA) is 159 Å². The number of aliphatic carboxylic acids is 1. The van der Waals surface area contributed by atoms with Crippen LogP contribution in [-0.2, 0) is 26.3 Å². The smallest absolute Gasteiger partial charge is 0.340 e. The number of phenolic OH excluding ortho intramolecular Hbond substituents is 2. The predicted octanol–water partition coefficient (Wildman–Crippen LogP) is 8.73. The molecule has 4 aromatic carbocycles. The number of esters is 1. The van der Waals surface area contributed by atoms with Crippen molar-refractivity contribution in [2.24, 2.45) is 0 Å². The number of Topliss-reactive ketones (excluding diaryl/α,β-unsaturated/α-hetero) is 1. The minimum atomic E-state index is -1.48. The quantitative estimate of drug-likeness (QED) is 0.0439. The Balaban J connectivity index is 1.01. The number of alkyl halides is 2. The number of halogens is 2. The Morgan fingerprint density at radius 3 is 1.96 bits per heavy atom. The number of ketones is 1. The van der Waals surface area contributed by atoms with E-state index in [1.807, 2.05) is 0 Å². The molecule has 2 heterocycles. The number of hydrogen-bond donors (Lipinski definition) is 4. The predicted molar refractivity (Wildman–Crippen MR) is 208 cm³/mol. The Morgan fingerprint density at radius 1 is 0.727 bits per heavy atom. The van der Waals surface area contributed by atoms with E-state index in [1.54, 1.807) is 18.2 Å². The highest BCUT2D eigenvalue weighted by molar-refractivity contribution is 6.18. The third kappa shape index (κ3) is 8.76. The van der Waals surface area contributed by atoms with Gasteiger partial charge in [0, 0.05) is 59.0 Å². The molecule has 0 fully saturated rings. The van der Waals surface area contributed by atoms with E-state index in [0.717, 1.165) is 25.7 Å². The van der Waals surface area contributed by atoms with E-state index in [9.17, 15) is 34.5 Å². The highest BCUT2D eigenvalue weighted by atomic mass is 35.5. The van der Waals surface area contributed by atoms with Gasteiger partial charge in [0.15, 0.2) is 5.60 Å². The fraction of sp³-hybridized carbons (Fsp3) is 0.349. The van der Waals surface area contributed by atoms with Gasteiger partial charge in [-0.25, -0.2) is 9.59 Å². The summed E-state index contributed by atoms with van der Waals surface area (Å²) in [6.07, 6.45) is 6.15. The van der Waals surface area contributed by atoms with Gasteiger partial charge in [-0.05, 0) is 92.0 Å². The van der Waals surface area contributed by atoms with Crippen molar-refractivity contribution in [2.75, 3.05) is 11.8 Å². The number of unbranched alkanes of at least 4 members (excludes halogenated alkanes) is 2. The summed E-state index contributed by atoms with van der Waals surface area (Å²) in [5.74, 6) is -0.559. The number of amides is 1. The lowest BCUT2D eigenvalue weighted by atomic mass is 9.77. The Labute approximate surface area is 329 Å². The van der Waals surface area contributed by atoms with Crippen molar-refractivity contribution in [1.29, 1.82) is 0 Å². The molecule has 4 N–H and O–H groups in total. The second-order valence-electron chi connectivity index (χ2n) is 14.0. The first-order chi connectivity index (χ1) is 26.5. The molecule has 1 amide bonds. The molecule has 1 unspecified atom stereocenters. The van der Waals surface area contributed by atoms with Crippen molar-refractivity contribution >= 4 is 46.8 Å². The number of phenols is 2. The van der Waals surface area contributed by atoms with Crippen LogP contribution in [0.2, 0.25) is 0 Å². The molecular weight excluding hydrogens is 745 g/mol. The number of carboxylic acid groups (broad SMARTS) is 1. The molecule has 6 rings (SSSR count). The number of carbonyl (C=O) groups excluding carboxylic acids is 3. The van der Waals surface area contributed by atoms with Crippen LogP contribution in [-0.4, -0.2) is 56.8 Å². The molecule has 1 atom stereocenters. The summed E-state index contributed by atoms with van der Waals surface area (Å²) < 4.78 is 12.0. The lowest BCUT2D eigenvalue weighted by molar-refractivity contribution is -0.139. The fourth-order valence-electron chi connectivity index (χ4n) is 7.51. The molecule has 0 aromatic heterocycles. The van der Waals surface area contributed by atoms with Gasteiger partial charge in [-0.1, -0.05) is 43.2 Å². The van der Waals surface area contributed by atoms with Gasteiger partial charge in [0.05, 0.1) is 5.56 Å².